The Kier molecular flexibility index (Phi) is 4.23. The molecule has 0 aliphatic heterocycles. The van der Waals surface area contributed by atoms with Crippen molar-refractivity contribution in [1.29, 1.82) is 0 Å². The lowest BCUT2D eigenvalue weighted by Crippen LogP contribution is -2.07. The molecule has 1 aromatic carbocycles. The summed E-state index contributed by atoms with van der Waals surface area (Å²) in [6, 6.07) is 7.71. The lowest BCUT2D eigenvalue weighted by Gasteiger charge is -2.09. The maximum atomic E-state index is 6.14. The number of methoxy groups -OCH3 is 1. The van der Waals surface area contributed by atoms with Crippen molar-refractivity contribution in [2.45, 2.75) is 13.0 Å². The third-order valence-electron chi connectivity index (χ3n) is 2.75. The van der Waals surface area contributed by atoms with E-state index in [9.17, 15) is 0 Å². The minimum atomic E-state index is 0.578. The molecule has 0 fully saturated rings. The van der Waals surface area contributed by atoms with Crippen molar-refractivity contribution in [3.8, 4) is 5.88 Å². The maximum absolute atomic E-state index is 6.14. The molecule has 0 saturated heterocycles. The SMILES string of the molecule is COc1c(CCN)cnn1Cc1ccccc1Cl. The van der Waals surface area contributed by atoms with Crippen molar-refractivity contribution in [3.05, 3.63) is 46.6 Å². The average molecular weight is 266 g/mol. The van der Waals surface area contributed by atoms with E-state index in [4.69, 9.17) is 22.1 Å². The normalized spacial score (nSPS) is 10.6. The Morgan fingerprint density at radius 2 is 2.11 bits per heavy atom. The number of benzene rings is 1. The van der Waals surface area contributed by atoms with E-state index in [2.05, 4.69) is 5.10 Å². The molecule has 0 aliphatic rings. The van der Waals surface area contributed by atoms with Crippen molar-refractivity contribution in [1.82, 2.24) is 9.78 Å². The number of rotatable bonds is 5. The zero-order valence-electron chi connectivity index (χ0n) is 10.3. The van der Waals surface area contributed by atoms with Gasteiger partial charge in [-0.2, -0.15) is 5.10 Å². The van der Waals surface area contributed by atoms with Gasteiger partial charge in [0.2, 0.25) is 5.88 Å². The van der Waals surface area contributed by atoms with Crippen LogP contribution < -0.4 is 10.5 Å². The summed E-state index contributed by atoms with van der Waals surface area (Å²) in [5, 5.41) is 5.05. The van der Waals surface area contributed by atoms with Crippen molar-refractivity contribution in [2.75, 3.05) is 13.7 Å². The van der Waals surface area contributed by atoms with Gasteiger partial charge in [-0.25, -0.2) is 4.68 Å². The van der Waals surface area contributed by atoms with Crippen LogP contribution in [0, 0.1) is 0 Å². The van der Waals surface area contributed by atoms with Crippen LogP contribution in [0.3, 0.4) is 0 Å². The van der Waals surface area contributed by atoms with Crippen molar-refractivity contribution in [3.63, 3.8) is 0 Å². The summed E-state index contributed by atoms with van der Waals surface area (Å²) in [7, 11) is 1.64. The first-order valence-electron chi connectivity index (χ1n) is 5.78. The van der Waals surface area contributed by atoms with Crippen LogP contribution in [-0.4, -0.2) is 23.4 Å². The van der Waals surface area contributed by atoms with E-state index in [1.54, 1.807) is 18.0 Å². The van der Waals surface area contributed by atoms with Gasteiger partial charge in [0.1, 0.15) is 0 Å². The van der Waals surface area contributed by atoms with E-state index in [0.717, 1.165) is 28.5 Å². The number of halogens is 1. The molecule has 2 rings (SSSR count). The Morgan fingerprint density at radius 3 is 2.78 bits per heavy atom. The predicted molar refractivity (Wildman–Crippen MR) is 72.1 cm³/mol. The molecule has 2 N–H and O–H groups in total. The summed E-state index contributed by atoms with van der Waals surface area (Å²) in [4.78, 5) is 0. The van der Waals surface area contributed by atoms with Gasteiger partial charge in [0.15, 0.2) is 0 Å². The number of hydrogen-bond donors (Lipinski definition) is 1. The van der Waals surface area contributed by atoms with Gasteiger partial charge in [-0.1, -0.05) is 29.8 Å². The van der Waals surface area contributed by atoms with Gasteiger partial charge in [0, 0.05) is 10.6 Å². The van der Waals surface area contributed by atoms with Gasteiger partial charge in [0.05, 0.1) is 19.9 Å². The van der Waals surface area contributed by atoms with Crippen molar-refractivity contribution < 1.29 is 4.74 Å². The zero-order valence-corrected chi connectivity index (χ0v) is 11.0. The van der Waals surface area contributed by atoms with Gasteiger partial charge in [0.25, 0.3) is 0 Å². The molecular weight excluding hydrogens is 250 g/mol. The standard InChI is InChI=1S/C13H16ClN3O/c1-18-13-10(6-7-15)8-16-17(13)9-11-4-2-3-5-12(11)14/h2-5,8H,6-7,9,15H2,1H3. The summed E-state index contributed by atoms with van der Waals surface area (Å²) in [6.45, 7) is 1.17. The molecule has 0 aliphatic carbocycles. The highest BCUT2D eigenvalue weighted by Gasteiger charge is 2.11. The second-order valence-corrected chi connectivity index (χ2v) is 4.37. The van der Waals surface area contributed by atoms with Crippen LogP contribution >= 0.6 is 11.6 Å². The fourth-order valence-corrected chi connectivity index (χ4v) is 2.07. The molecule has 0 amide bonds. The Labute approximate surface area is 111 Å². The fraction of sp³-hybridized carbons (Fsp3) is 0.308. The molecule has 0 spiro atoms. The molecule has 0 radical (unpaired) electrons. The molecule has 18 heavy (non-hydrogen) atoms. The number of hydrogen-bond acceptors (Lipinski definition) is 3. The van der Waals surface area contributed by atoms with Crippen molar-refractivity contribution in [2.24, 2.45) is 5.73 Å². The quantitative estimate of drug-likeness (QED) is 0.901. The zero-order chi connectivity index (χ0) is 13.0. The van der Waals surface area contributed by atoms with Crippen LogP contribution in [0.2, 0.25) is 5.02 Å². The number of aromatic nitrogens is 2. The molecule has 2 aromatic rings. The van der Waals surface area contributed by atoms with Gasteiger partial charge in [-0.3, -0.25) is 0 Å². The highest BCUT2D eigenvalue weighted by Crippen LogP contribution is 2.22. The van der Waals surface area contributed by atoms with Crippen LogP contribution in [-0.2, 0) is 13.0 Å². The summed E-state index contributed by atoms with van der Waals surface area (Å²) in [6.07, 6.45) is 2.55. The maximum Gasteiger partial charge on any atom is 0.215 e. The Bertz CT molecular complexity index is 525. The summed E-state index contributed by atoms with van der Waals surface area (Å²) >= 11 is 6.14. The first-order valence-corrected chi connectivity index (χ1v) is 6.16. The predicted octanol–water partition coefficient (Wildman–Crippen LogP) is 2.09. The summed E-state index contributed by atoms with van der Waals surface area (Å²) in [5.74, 6) is 0.750. The van der Waals surface area contributed by atoms with E-state index in [-0.39, 0.29) is 0 Å². The van der Waals surface area contributed by atoms with Gasteiger partial charge < -0.3 is 10.5 Å². The Hall–Kier alpha value is -1.52. The number of ether oxygens (including phenoxy) is 1. The molecular formula is C13H16ClN3O. The number of nitrogens with two attached hydrogens (primary N) is 1. The molecule has 0 saturated carbocycles. The van der Waals surface area contributed by atoms with Crippen LogP contribution in [0.1, 0.15) is 11.1 Å². The van der Waals surface area contributed by atoms with E-state index in [1.807, 2.05) is 24.3 Å². The first-order chi connectivity index (χ1) is 8.76. The van der Waals surface area contributed by atoms with E-state index >= 15 is 0 Å². The van der Waals surface area contributed by atoms with Crippen molar-refractivity contribution >= 4 is 11.6 Å². The van der Waals surface area contributed by atoms with Crippen LogP contribution in [0.25, 0.3) is 0 Å². The molecule has 4 nitrogen and oxygen atoms in total. The minimum absolute atomic E-state index is 0.578. The van der Waals surface area contributed by atoms with Crippen LogP contribution in [0.5, 0.6) is 5.88 Å². The second kappa shape index (κ2) is 5.89. The number of nitrogens with zero attached hydrogens (tertiary/aromatic N) is 2. The molecule has 0 unspecified atom stereocenters. The Balaban J connectivity index is 2.27. The lowest BCUT2D eigenvalue weighted by molar-refractivity contribution is 0.363. The fourth-order valence-electron chi connectivity index (χ4n) is 1.88. The molecule has 0 bridgehead atoms. The molecule has 96 valence electrons. The highest BCUT2D eigenvalue weighted by atomic mass is 35.5. The topological polar surface area (TPSA) is 53.1 Å². The largest absolute Gasteiger partial charge is 0.481 e. The van der Waals surface area contributed by atoms with Gasteiger partial charge >= 0.3 is 0 Å². The van der Waals surface area contributed by atoms with E-state index in [0.29, 0.717) is 13.1 Å². The van der Waals surface area contributed by atoms with E-state index < -0.39 is 0 Å². The molecule has 1 aromatic heterocycles. The molecule has 1 heterocycles. The highest BCUT2D eigenvalue weighted by molar-refractivity contribution is 6.31. The summed E-state index contributed by atoms with van der Waals surface area (Å²) < 4.78 is 7.18. The lowest BCUT2D eigenvalue weighted by atomic mass is 10.2. The third-order valence-corrected chi connectivity index (χ3v) is 3.12. The molecule has 0 atom stereocenters. The van der Waals surface area contributed by atoms with Crippen LogP contribution in [0.15, 0.2) is 30.5 Å². The third kappa shape index (κ3) is 2.66. The molecule has 5 heteroatoms. The second-order valence-electron chi connectivity index (χ2n) is 3.97. The average Bonchev–Trinajstić information content (AvgIpc) is 2.75. The first kappa shape index (κ1) is 12.9. The summed E-state index contributed by atoms with van der Waals surface area (Å²) in [5.41, 5.74) is 7.59. The van der Waals surface area contributed by atoms with Crippen LogP contribution in [0.4, 0.5) is 0 Å². The minimum Gasteiger partial charge on any atom is -0.481 e. The smallest absolute Gasteiger partial charge is 0.215 e. The monoisotopic (exact) mass is 265 g/mol. The Morgan fingerprint density at radius 1 is 1.33 bits per heavy atom. The van der Waals surface area contributed by atoms with Gasteiger partial charge in [-0.05, 0) is 24.6 Å². The van der Waals surface area contributed by atoms with E-state index in [1.165, 1.54) is 0 Å². The van der Waals surface area contributed by atoms with Gasteiger partial charge in [-0.15, -0.1) is 0 Å².